The highest BCUT2D eigenvalue weighted by Crippen LogP contribution is 2.54. The first-order valence-electron chi connectivity index (χ1n) is 35.4. The van der Waals surface area contributed by atoms with Crippen molar-refractivity contribution in [3.63, 3.8) is 0 Å². The van der Waals surface area contributed by atoms with Crippen LogP contribution in [0.5, 0.6) is 0 Å². The van der Waals surface area contributed by atoms with Gasteiger partial charge in [-0.2, -0.15) is 0 Å². The normalized spacial score (nSPS) is 12.9. The number of furan rings is 1. The van der Waals surface area contributed by atoms with E-state index in [9.17, 15) is 0 Å². The molecule has 0 bridgehead atoms. The van der Waals surface area contributed by atoms with Crippen LogP contribution in [0.2, 0.25) is 0 Å². The van der Waals surface area contributed by atoms with Crippen LogP contribution in [0.1, 0.15) is 105 Å². The van der Waals surface area contributed by atoms with Crippen molar-refractivity contribution in [1.29, 1.82) is 0 Å². The van der Waals surface area contributed by atoms with Crippen LogP contribution in [0.4, 0.5) is 68.2 Å². The maximum absolute atomic E-state index is 7.82. The van der Waals surface area contributed by atoms with Gasteiger partial charge in [0.05, 0.1) is 22.4 Å². The number of hydrogen-bond donors (Lipinski definition) is 0. The molecule has 13 aromatic carbocycles. The second-order valence-corrected chi connectivity index (χ2v) is 31.4. The number of para-hydroxylation sites is 3. The summed E-state index contributed by atoms with van der Waals surface area (Å²) in [6, 6.07) is 111. The van der Waals surface area contributed by atoms with Gasteiger partial charge >= 0.3 is 0 Å². The van der Waals surface area contributed by atoms with Crippen molar-refractivity contribution in [2.75, 3.05) is 19.6 Å². The van der Waals surface area contributed by atoms with Gasteiger partial charge in [0, 0.05) is 67.7 Å². The van der Waals surface area contributed by atoms with Crippen LogP contribution in [0, 0.1) is 0 Å². The Hall–Kier alpha value is -11.1. The van der Waals surface area contributed by atoms with E-state index in [1.54, 1.807) is 0 Å². The number of fused-ring (bicyclic) bond motifs is 8. The second-order valence-electron chi connectivity index (χ2n) is 31.4. The van der Waals surface area contributed by atoms with Crippen molar-refractivity contribution in [3.8, 4) is 33.4 Å². The molecule has 3 heterocycles. The Morgan fingerprint density at radius 2 is 0.660 bits per heavy atom. The van der Waals surface area contributed by atoms with Crippen molar-refractivity contribution in [2.45, 2.75) is 105 Å². The summed E-state index contributed by atoms with van der Waals surface area (Å²) >= 11 is 0. The molecule has 1 aromatic heterocycles. The third-order valence-corrected chi connectivity index (χ3v) is 20.7. The minimum Gasteiger partial charge on any atom is -0.456 e. The zero-order valence-corrected chi connectivity index (χ0v) is 59.6. The third-order valence-electron chi connectivity index (χ3n) is 20.7. The Kier molecular flexibility index (Phi) is 15.5. The average molecular weight is 1300 g/mol. The predicted molar refractivity (Wildman–Crippen MR) is 428 cm³/mol. The SMILES string of the molecule is CC(C)(C)c1ccc(N(c2ccc(C(C)(C)C)cc2)c2ccc3c(c2)N(c2ccccc2-c2ccccc2)c2cc(-c4ccccc4)cc4c2B3c2c(cc(N(c3ccc(C(C)(C)C)cc3)c3ccc(C(C)(C)C)cc3)c3c2oc2ccccc23)N4c2ccccc2-c2ccccc2)cc1. The van der Waals surface area contributed by atoms with Crippen LogP contribution in [-0.2, 0) is 21.7 Å². The molecule has 16 rings (SSSR count). The highest BCUT2D eigenvalue weighted by atomic mass is 16.3. The molecule has 0 fully saturated rings. The van der Waals surface area contributed by atoms with Gasteiger partial charge in [-0.15, -0.1) is 0 Å². The molecule has 0 aliphatic carbocycles. The summed E-state index contributed by atoms with van der Waals surface area (Å²) in [5.41, 5.74) is 29.5. The molecule has 0 saturated heterocycles. The van der Waals surface area contributed by atoms with Crippen molar-refractivity contribution >= 4 is 113 Å². The molecule has 0 saturated carbocycles. The molecule has 0 amide bonds. The fourth-order valence-electron chi connectivity index (χ4n) is 15.3. The zero-order valence-electron chi connectivity index (χ0n) is 59.6. The van der Waals surface area contributed by atoms with Gasteiger partial charge in [0.2, 0.25) is 0 Å². The van der Waals surface area contributed by atoms with E-state index in [0.717, 1.165) is 134 Å². The standard InChI is InChI=1S/C94H85BN4O/c1-91(2,3)66-40-48-70(49-41-66)96(71-50-42-67(43-51-71)92(4,5)6)74-56-57-78-81(60-74)98(79-37-25-22-34-75(79)63-30-18-14-19-31-63)83-58-65(62-28-16-13-17-29-62)59-84-88(83)95(78)89-85(99(84)80-38-26-23-35-76(80)64-32-20-15-21-33-64)61-82(87-77-36-24-27-39-86(77)100-90(87)89)97(72-52-44-68(45-53-72)93(7,8)9)73-54-46-69(47-55-73)94(10,11)12/h13-61H,1-12H3. The Morgan fingerprint density at radius 1 is 0.290 bits per heavy atom. The Bertz CT molecular complexity index is 5250. The van der Waals surface area contributed by atoms with Crippen LogP contribution in [0.25, 0.3) is 55.3 Å². The smallest absolute Gasteiger partial charge is 0.257 e. The van der Waals surface area contributed by atoms with E-state index >= 15 is 0 Å². The monoisotopic (exact) mass is 1300 g/mol. The summed E-state index contributed by atoms with van der Waals surface area (Å²) in [7, 11) is 0. The fraction of sp³-hybridized carbons (Fsp3) is 0.170. The maximum atomic E-state index is 7.82. The van der Waals surface area contributed by atoms with Gasteiger partial charge in [-0.25, -0.2) is 0 Å². The molecule has 490 valence electrons. The number of nitrogens with zero attached hydrogens (tertiary/aromatic N) is 4. The molecule has 0 unspecified atom stereocenters. The Balaban J connectivity index is 1.07. The molecule has 0 radical (unpaired) electrons. The van der Waals surface area contributed by atoms with Crippen molar-refractivity contribution in [3.05, 3.63) is 320 Å². The topological polar surface area (TPSA) is 26.1 Å². The first-order chi connectivity index (χ1) is 48.2. The molecular formula is C94H85BN4O. The summed E-state index contributed by atoms with van der Waals surface area (Å²) in [5.74, 6) is 0. The molecule has 5 nitrogen and oxygen atoms in total. The third kappa shape index (κ3) is 11.2. The average Bonchev–Trinajstić information content (AvgIpc) is 1.13. The van der Waals surface area contributed by atoms with Gasteiger partial charge in [0.25, 0.3) is 6.71 Å². The lowest BCUT2D eigenvalue weighted by atomic mass is 9.33. The van der Waals surface area contributed by atoms with Crippen LogP contribution >= 0.6 is 0 Å². The molecule has 0 N–H and O–H groups in total. The van der Waals surface area contributed by atoms with Crippen molar-refractivity contribution in [2.24, 2.45) is 0 Å². The number of benzene rings is 13. The first-order valence-corrected chi connectivity index (χ1v) is 35.4. The second kappa shape index (κ2) is 24.4. The molecule has 6 heteroatoms. The minimum atomic E-state index is -0.359. The predicted octanol–water partition coefficient (Wildman–Crippen LogP) is 24.8. The lowest BCUT2D eigenvalue weighted by molar-refractivity contribution is 0.590. The van der Waals surface area contributed by atoms with E-state index < -0.39 is 0 Å². The van der Waals surface area contributed by atoms with Crippen LogP contribution in [-0.4, -0.2) is 6.71 Å². The Labute approximate surface area is 591 Å². The molecule has 14 aromatic rings. The van der Waals surface area contributed by atoms with E-state index in [-0.39, 0.29) is 28.4 Å². The van der Waals surface area contributed by atoms with Crippen LogP contribution in [0.15, 0.2) is 302 Å². The number of rotatable bonds is 11. The van der Waals surface area contributed by atoms with E-state index in [4.69, 9.17) is 4.42 Å². The van der Waals surface area contributed by atoms with Crippen LogP contribution in [0.3, 0.4) is 0 Å². The summed E-state index contributed by atoms with van der Waals surface area (Å²) in [6.45, 7) is 27.2. The summed E-state index contributed by atoms with van der Waals surface area (Å²) < 4.78 is 7.82. The van der Waals surface area contributed by atoms with Gasteiger partial charge in [-0.3, -0.25) is 0 Å². The van der Waals surface area contributed by atoms with Gasteiger partial charge in [0.15, 0.2) is 0 Å². The lowest BCUT2D eigenvalue weighted by Gasteiger charge is -2.45. The van der Waals surface area contributed by atoms with E-state index in [1.165, 1.54) is 27.7 Å². The first kappa shape index (κ1) is 63.7. The summed E-state index contributed by atoms with van der Waals surface area (Å²) in [6.07, 6.45) is 0. The quantitative estimate of drug-likeness (QED) is 0.120. The molecule has 100 heavy (non-hydrogen) atoms. The molecule has 2 aliphatic rings. The molecule has 0 spiro atoms. The molecular weight excluding hydrogens is 1210 g/mol. The maximum Gasteiger partial charge on any atom is 0.257 e. The summed E-state index contributed by atoms with van der Waals surface area (Å²) in [4.78, 5) is 10.2. The van der Waals surface area contributed by atoms with Gasteiger partial charge < -0.3 is 24.0 Å². The van der Waals surface area contributed by atoms with Gasteiger partial charge in [-0.05, 0) is 180 Å². The van der Waals surface area contributed by atoms with Crippen molar-refractivity contribution in [1.82, 2.24) is 0 Å². The zero-order chi connectivity index (χ0) is 69.0. The summed E-state index contributed by atoms with van der Waals surface area (Å²) in [5, 5.41) is 2.10. The van der Waals surface area contributed by atoms with E-state index in [0.29, 0.717) is 0 Å². The largest absolute Gasteiger partial charge is 0.456 e. The minimum absolute atomic E-state index is 0.0315. The van der Waals surface area contributed by atoms with Crippen molar-refractivity contribution < 1.29 is 4.42 Å². The fourth-order valence-corrected chi connectivity index (χ4v) is 15.3. The van der Waals surface area contributed by atoms with Crippen LogP contribution < -0.4 is 36.0 Å². The van der Waals surface area contributed by atoms with E-state index in [2.05, 4.69) is 400 Å². The lowest BCUT2D eigenvalue weighted by Crippen LogP contribution is -2.61. The highest BCUT2D eigenvalue weighted by molar-refractivity contribution is 7.01. The van der Waals surface area contributed by atoms with Gasteiger partial charge in [-0.1, -0.05) is 283 Å². The number of hydrogen-bond acceptors (Lipinski definition) is 5. The van der Waals surface area contributed by atoms with Gasteiger partial charge in [0.1, 0.15) is 11.2 Å². The molecule has 2 aliphatic heterocycles. The van der Waals surface area contributed by atoms with E-state index in [1.807, 2.05) is 0 Å². The molecule has 0 atom stereocenters. The number of anilines is 12. The Morgan fingerprint density at radius 3 is 1.11 bits per heavy atom. The highest BCUT2D eigenvalue weighted by Gasteiger charge is 2.47.